The third-order valence-corrected chi connectivity index (χ3v) is 2.69. The molecule has 0 radical (unpaired) electrons. The summed E-state index contributed by atoms with van der Waals surface area (Å²) in [5.74, 6) is 2.52. The lowest BCUT2D eigenvalue weighted by Crippen LogP contribution is -2.13. The first-order valence-corrected chi connectivity index (χ1v) is 5.64. The fourth-order valence-electron chi connectivity index (χ4n) is 0.890. The van der Waals surface area contributed by atoms with E-state index in [4.69, 9.17) is 4.74 Å². The van der Waals surface area contributed by atoms with E-state index in [2.05, 4.69) is 19.0 Å². The largest absolute Gasteiger partial charge is 0.385 e. The topological polar surface area (TPSA) is 12.5 Å². The van der Waals surface area contributed by atoms with Crippen molar-refractivity contribution in [1.82, 2.24) is 4.90 Å². The quantitative estimate of drug-likeness (QED) is 0.542. The van der Waals surface area contributed by atoms with E-state index in [9.17, 15) is 0 Å². The van der Waals surface area contributed by atoms with Gasteiger partial charge in [0.15, 0.2) is 0 Å². The molecule has 74 valence electrons. The van der Waals surface area contributed by atoms with Gasteiger partial charge in [-0.3, -0.25) is 0 Å². The van der Waals surface area contributed by atoms with E-state index in [-0.39, 0.29) is 0 Å². The van der Waals surface area contributed by atoms with Crippen LogP contribution in [0.2, 0.25) is 0 Å². The van der Waals surface area contributed by atoms with E-state index in [1.165, 1.54) is 30.9 Å². The summed E-state index contributed by atoms with van der Waals surface area (Å²) in [6.45, 7) is 2.11. The van der Waals surface area contributed by atoms with E-state index in [1.807, 2.05) is 11.8 Å². The molecular formula is C9H21NOS. The molecule has 0 heterocycles. The van der Waals surface area contributed by atoms with Crippen LogP contribution in [0.1, 0.15) is 12.8 Å². The lowest BCUT2D eigenvalue weighted by Gasteiger charge is -2.08. The van der Waals surface area contributed by atoms with Crippen molar-refractivity contribution in [1.29, 1.82) is 0 Å². The zero-order valence-electron chi connectivity index (χ0n) is 8.51. The zero-order chi connectivity index (χ0) is 9.23. The first-order chi connectivity index (χ1) is 5.77. The zero-order valence-corrected chi connectivity index (χ0v) is 9.32. The number of methoxy groups -OCH3 is 1. The summed E-state index contributed by atoms with van der Waals surface area (Å²) in [6.07, 6.45) is 2.48. The normalized spacial score (nSPS) is 11.0. The van der Waals surface area contributed by atoms with Gasteiger partial charge in [-0.2, -0.15) is 11.8 Å². The van der Waals surface area contributed by atoms with Crippen molar-refractivity contribution in [3.05, 3.63) is 0 Å². The summed E-state index contributed by atoms with van der Waals surface area (Å²) in [4.78, 5) is 2.23. The first-order valence-electron chi connectivity index (χ1n) is 4.48. The van der Waals surface area contributed by atoms with Gasteiger partial charge in [0.25, 0.3) is 0 Å². The van der Waals surface area contributed by atoms with E-state index >= 15 is 0 Å². The van der Waals surface area contributed by atoms with Crippen molar-refractivity contribution in [2.24, 2.45) is 0 Å². The molecule has 0 aromatic rings. The van der Waals surface area contributed by atoms with Crippen LogP contribution in [0.5, 0.6) is 0 Å². The summed E-state index contributed by atoms with van der Waals surface area (Å²) in [7, 11) is 6.00. The van der Waals surface area contributed by atoms with Gasteiger partial charge in [0, 0.05) is 13.7 Å². The minimum absolute atomic E-state index is 0.903. The van der Waals surface area contributed by atoms with Crippen LogP contribution in [-0.2, 0) is 4.74 Å². The molecule has 0 rings (SSSR count). The summed E-state index contributed by atoms with van der Waals surface area (Å²) >= 11 is 2.03. The maximum atomic E-state index is 4.97. The second-order valence-electron chi connectivity index (χ2n) is 3.12. The number of ether oxygens (including phenoxy) is 1. The number of rotatable bonds is 8. The highest BCUT2D eigenvalue weighted by Gasteiger charge is 1.91. The SMILES string of the molecule is COCCCSCCCN(C)C. The van der Waals surface area contributed by atoms with Crippen LogP contribution in [0.15, 0.2) is 0 Å². The minimum atomic E-state index is 0.903. The Morgan fingerprint density at radius 2 is 1.83 bits per heavy atom. The smallest absolute Gasteiger partial charge is 0.0470 e. The summed E-state index contributed by atoms with van der Waals surface area (Å²) in [5.41, 5.74) is 0. The van der Waals surface area contributed by atoms with Gasteiger partial charge in [-0.15, -0.1) is 0 Å². The molecule has 0 aromatic carbocycles. The Hall–Kier alpha value is 0.270. The predicted octanol–water partition coefficient (Wildman–Crippen LogP) is 1.71. The van der Waals surface area contributed by atoms with Gasteiger partial charge >= 0.3 is 0 Å². The van der Waals surface area contributed by atoms with Crippen molar-refractivity contribution in [2.75, 3.05) is 45.9 Å². The number of hydrogen-bond donors (Lipinski definition) is 0. The van der Waals surface area contributed by atoms with Crippen LogP contribution >= 0.6 is 11.8 Å². The van der Waals surface area contributed by atoms with Gasteiger partial charge in [0.1, 0.15) is 0 Å². The van der Waals surface area contributed by atoms with E-state index in [0.717, 1.165) is 6.61 Å². The molecule has 0 atom stereocenters. The van der Waals surface area contributed by atoms with Gasteiger partial charge in [-0.25, -0.2) is 0 Å². The maximum Gasteiger partial charge on any atom is 0.0470 e. The summed E-state index contributed by atoms with van der Waals surface area (Å²) in [6, 6.07) is 0. The Kier molecular flexibility index (Phi) is 9.57. The molecule has 0 spiro atoms. The Labute approximate surface area is 80.7 Å². The summed E-state index contributed by atoms with van der Waals surface area (Å²) in [5, 5.41) is 0. The average Bonchev–Trinajstić information content (AvgIpc) is 2.02. The fourth-order valence-corrected chi connectivity index (χ4v) is 1.75. The monoisotopic (exact) mass is 191 g/mol. The Morgan fingerprint density at radius 1 is 1.17 bits per heavy atom. The molecule has 0 saturated carbocycles. The van der Waals surface area contributed by atoms with Crippen LogP contribution in [0, 0.1) is 0 Å². The molecular weight excluding hydrogens is 170 g/mol. The predicted molar refractivity (Wildman–Crippen MR) is 57.0 cm³/mol. The lowest BCUT2D eigenvalue weighted by molar-refractivity contribution is 0.200. The number of nitrogens with zero attached hydrogens (tertiary/aromatic N) is 1. The Bertz CT molecular complexity index is 88.6. The Morgan fingerprint density at radius 3 is 2.42 bits per heavy atom. The molecule has 0 aliphatic rings. The van der Waals surface area contributed by atoms with Crippen LogP contribution < -0.4 is 0 Å². The van der Waals surface area contributed by atoms with Crippen LogP contribution in [0.25, 0.3) is 0 Å². The molecule has 0 bridgehead atoms. The second kappa shape index (κ2) is 9.36. The van der Waals surface area contributed by atoms with Crippen molar-refractivity contribution < 1.29 is 4.74 Å². The highest BCUT2D eigenvalue weighted by atomic mass is 32.2. The molecule has 0 aliphatic carbocycles. The maximum absolute atomic E-state index is 4.97. The first kappa shape index (κ1) is 12.3. The summed E-state index contributed by atoms with van der Waals surface area (Å²) < 4.78 is 4.97. The van der Waals surface area contributed by atoms with Gasteiger partial charge < -0.3 is 9.64 Å². The molecule has 0 N–H and O–H groups in total. The van der Waals surface area contributed by atoms with E-state index < -0.39 is 0 Å². The van der Waals surface area contributed by atoms with Crippen LogP contribution in [-0.4, -0.2) is 50.8 Å². The third kappa shape index (κ3) is 10.3. The minimum Gasteiger partial charge on any atom is -0.385 e. The molecule has 2 nitrogen and oxygen atoms in total. The number of hydrogen-bond acceptors (Lipinski definition) is 3. The van der Waals surface area contributed by atoms with E-state index in [1.54, 1.807) is 7.11 Å². The molecule has 0 unspecified atom stereocenters. The van der Waals surface area contributed by atoms with Crippen molar-refractivity contribution in [3.63, 3.8) is 0 Å². The van der Waals surface area contributed by atoms with Gasteiger partial charge in [0.2, 0.25) is 0 Å². The molecule has 0 aliphatic heterocycles. The average molecular weight is 191 g/mol. The highest BCUT2D eigenvalue weighted by Crippen LogP contribution is 2.04. The lowest BCUT2D eigenvalue weighted by atomic mass is 10.5. The fraction of sp³-hybridized carbons (Fsp3) is 1.00. The Balaban J connectivity index is 2.82. The second-order valence-corrected chi connectivity index (χ2v) is 4.34. The van der Waals surface area contributed by atoms with Crippen LogP contribution in [0.3, 0.4) is 0 Å². The van der Waals surface area contributed by atoms with Crippen LogP contribution in [0.4, 0.5) is 0 Å². The third-order valence-electron chi connectivity index (χ3n) is 1.53. The van der Waals surface area contributed by atoms with Gasteiger partial charge in [0.05, 0.1) is 0 Å². The molecule has 0 amide bonds. The van der Waals surface area contributed by atoms with E-state index in [0.29, 0.717) is 0 Å². The van der Waals surface area contributed by atoms with Gasteiger partial charge in [-0.1, -0.05) is 0 Å². The van der Waals surface area contributed by atoms with Crippen molar-refractivity contribution in [3.8, 4) is 0 Å². The number of thioether (sulfide) groups is 1. The molecule has 12 heavy (non-hydrogen) atoms. The highest BCUT2D eigenvalue weighted by molar-refractivity contribution is 7.99. The standard InChI is InChI=1S/C9H21NOS/c1-10(2)6-4-8-12-9-5-7-11-3/h4-9H2,1-3H3. The molecule has 0 saturated heterocycles. The molecule has 0 fully saturated rings. The molecule has 3 heteroatoms. The van der Waals surface area contributed by atoms with Crippen molar-refractivity contribution >= 4 is 11.8 Å². The van der Waals surface area contributed by atoms with Gasteiger partial charge in [-0.05, 0) is 45.0 Å². The van der Waals surface area contributed by atoms with Crippen molar-refractivity contribution in [2.45, 2.75) is 12.8 Å². The molecule has 0 aromatic heterocycles.